The van der Waals surface area contributed by atoms with Gasteiger partial charge in [-0.3, -0.25) is 14.5 Å². The Kier molecular flexibility index (Phi) is 6.14. The zero-order valence-electron chi connectivity index (χ0n) is 18.5. The molecule has 0 spiro atoms. The molecule has 3 aromatic rings. The van der Waals surface area contributed by atoms with Crippen LogP contribution in [0, 0.1) is 12.7 Å². The van der Waals surface area contributed by atoms with Crippen LogP contribution in [-0.2, 0) is 13.0 Å². The summed E-state index contributed by atoms with van der Waals surface area (Å²) in [7, 11) is 1.58. The lowest BCUT2D eigenvalue weighted by molar-refractivity contribution is 0.0958. The van der Waals surface area contributed by atoms with E-state index in [1.54, 1.807) is 25.2 Å². The number of carbonyl (C=O) groups excluding carboxylic acids is 1. The molecule has 3 heterocycles. The van der Waals surface area contributed by atoms with Crippen LogP contribution in [-0.4, -0.2) is 45.9 Å². The van der Waals surface area contributed by atoms with E-state index in [9.17, 15) is 9.59 Å². The number of rotatable bonds is 5. The summed E-state index contributed by atoms with van der Waals surface area (Å²) in [6, 6.07) is 7.17. The summed E-state index contributed by atoms with van der Waals surface area (Å²) >= 11 is 0. The van der Waals surface area contributed by atoms with E-state index in [1.807, 2.05) is 19.9 Å². The molecular weight excluding hydrogens is 409 g/mol. The highest BCUT2D eigenvalue weighted by atomic mass is 19.1. The van der Waals surface area contributed by atoms with Gasteiger partial charge in [-0.15, -0.1) is 0 Å². The number of fused-ring (bicyclic) bond motifs is 1. The largest absolute Gasteiger partial charge is 0.354 e. The van der Waals surface area contributed by atoms with Crippen molar-refractivity contribution in [2.24, 2.45) is 0 Å². The van der Waals surface area contributed by atoms with Crippen molar-refractivity contribution in [3.8, 4) is 0 Å². The van der Waals surface area contributed by atoms with Gasteiger partial charge >= 0.3 is 0 Å². The Balaban J connectivity index is 1.51. The summed E-state index contributed by atoms with van der Waals surface area (Å²) in [5, 5.41) is 2.58. The maximum atomic E-state index is 15.1. The first-order chi connectivity index (χ1) is 15.4. The van der Waals surface area contributed by atoms with Crippen molar-refractivity contribution >= 4 is 22.5 Å². The highest BCUT2D eigenvalue weighted by molar-refractivity contribution is 5.92. The van der Waals surface area contributed by atoms with Crippen molar-refractivity contribution in [3.05, 3.63) is 74.7 Å². The number of aromatic nitrogens is 3. The molecule has 0 aliphatic carbocycles. The zero-order chi connectivity index (χ0) is 22.8. The minimum absolute atomic E-state index is 0.163. The molecule has 0 bridgehead atoms. The molecule has 0 fully saturated rings. The predicted molar refractivity (Wildman–Crippen MR) is 122 cm³/mol. The molecule has 1 amide bonds. The van der Waals surface area contributed by atoms with Crippen molar-refractivity contribution < 1.29 is 9.18 Å². The molecule has 2 N–H and O–H groups in total. The highest BCUT2D eigenvalue weighted by Gasteiger charge is 2.19. The molecule has 0 unspecified atom stereocenters. The third kappa shape index (κ3) is 4.18. The van der Waals surface area contributed by atoms with Crippen LogP contribution >= 0.6 is 0 Å². The average Bonchev–Trinajstić information content (AvgIpc) is 2.81. The molecule has 7 nitrogen and oxygen atoms in total. The number of H-pyrrole nitrogens is 1. The van der Waals surface area contributed by atoms with Gasteiger partial charge in [-0.25, -0.2) is 14.4 Å². The zero-order valence-corrected chi connectivity index (χ0v) is 18.5. The van der Waals surface area contributed by atoms with Gasteiger partial charge < -0.3 is 10.3 Å². The SMILES string of the molecule is CCc1nc2ccc(CN3CC=C(c4ccc(C(=O)NC)nc4C)CC3)c(F)c2[nH]c1=O. The number of carbonyl (C=O) groups is 1. The summed E-state index contributed by atoms with van der Waals surface area (Å²) in [5.41, 5.74) is 4.65. The minimum Gasteiger partial charge on any atom is -0.354 e. The van der Waals surface area contributed by atoms with Gasteiger partial charge in [0.2, 0.25) is 0 Å². The molecule has 4 rings (SSSR count). The molecule has 0 saturated heterocycles. The Hall–Kier alpha value is -3.39. The molecule has 2 aromatic heterocycles. The molecule has 0 saturated carbocycles. The van der Waals surface area contributed by atoms with E-state index >= 15 is 4.39 Å². The van der Waals surface area contributed by atoms with Gasteiger partial charge in [0.25, 0.3) is 11.5 Å². The third-order valence-electron chi connectivity index (χ3n) is 5.87. The molecule has 32 heavy (non-hydrogen) atoms. The van der Waals surface area contributed by atoms with Crippen molar-refractivity contribution in [1.82, 2.24) is 25.2 Å². The monoisotopic (exact) mass is 435 g/mol. The number of aryl methyl sites for hydroxylation is 2. The molecule has 1 aliphatic heterocycles. The molecule has 0 radical (unpaired) electrons. The number of hydrogen-bond acceptors (Lipinski definition) is 5. The summed E-state index contributed by atoms with van der Waals surface area (Å²) in [5.74, 6) is -0.627. The van der Waals surface area contributed by atoms with Gasteiger partial charge in [-0.2, -0.15) is 0 Å². The number of aromatic amines is 1. The van der Waals surface area contributed by atoms with E-state index in [4.69, 9.17) is 0 Å². The number of amides is 1. The average molecular weight is 436 g/mol. The molecule has 166 valence electrons. The van der Waals surface area contributed by atoms with Gasteiger partial charge in [-0.1, -0.05) is 25.1 Å². The minimum atomic E-state index is -0.422. The first-order valence-electron chi connectivity index (χ1n) is 10.7. The summed E-state index contributed by atoms with van der Waals surface area (Å²) in [4.78, 5) is 37.3. The second-order valence-electron chi connectivity index (χ2n) is 7.92. The van der Waals surface area contributed by atoms with Gasteiger partial charge in [-0.05, 0) is 43.0 Å². The summed E-state index contributed by atoms with van der Waals surface area (Å²) in [6.07, 6.45) is 3.43. The fourth-order valence-corrected chi connectivity index (χ4v) is 4.06. The Morgan fingerprint density at radius 2 is 2.06 bits per heavy atom. The van der Waals surface area contributed by atoms with Gasteiger partial charge in [0, 0.05) is 37.9 Å². The van der Waals surface area contributed by atoms with E-state index in [0.717, 1.165) is 24.2 Å². The van der Waals surface area contributed by atoms with Crippen LogP contribution in [0.2, 0.25) is 0 Å². The summed E-state index contributed by atoms with van der Waals surface area (Å²) in [6.45, 7) is 5.63. The fourth-order valence-electron chi connectivity index (χ4n) is 4.06. The molecular formula is C24H26FN5O2. The van der Waals surface area contributed by atoms with Crippen LogP contribution in [0.4, 0.5) is 4.39 Å². The number of halogens is 1. The van der Waals surface area contributed by atoms with Crippen LogP contribution in [0.5, 0.6) is 0 Å². The quantitative estimate of drug-likeness (QED) is 0.643. The lowest BCUT2D eigenvalue weighted by Gasteiger charge is -2.27. The van der Waals surface area contributed by atoms with Crippen LogP contribution in [0.3, 0.4) is 0 Å². The second-order valence-corrected chi connectivity index (χ2v) is 7.92. The number of benzene rings is 1. The summed E-state index contributed by atoms with van der Waals surface area (Å²) < 4.78 is 15.1. The second kappa shape index (κ2) is 9.00. The smallest absolute Gasteiger partial charge is 0.270 e. The first kappa shape index (κ1) is 21.8. The van der Waals surface area contributed by atoms with Crippen LogP contribution in [0.1, 0.15) is 46.3 Å². The normalized spacial score (nSPS) is 14.4. The van der Waals surface area contributed by atoms with Crippen LogP contribution < -0.4 is 10.9 Å². The van der Waals surface area contributed by atoms with Crippen molar-refractivity contribution in [1.29, 1.82) is 0 Å². The maximum absolute atomic E-state index is 15.1. The lowest BCUT2D eigenvalue weighted by atomic mass is 9.97. The van der Waals surface area contributed by atoms with Crippen molar-refractivity contribution in [2.45, 2.75) is 33.2 Å². The number of hydrogen-bond donors (Lipinski definition) is 2. The number of nitrogens with zero attached hydrogens (tertiary/aromatic N) is 3. The standard InChI is InChI=1S/C24H26FN5O2/c1-4-18-24(32)29-22-19(28-18)7-5-16(21(22)25)13-30-11-9-15(10-12-30)17-6-8-20(23(31)26-3)27-14(17)2/h5-9H,4,10-13H2,1-3H3,(H,26,31)(H,29,32). The Labute approximate surface area is 185 Å². The van der Waals surface area contributed by atoms with E-state index in [1.165, 1.54) is 5.57 Å². The van der Waals surface area contributed by atoms with Crippen molar-refractivity contribution in [2.75, 3.05) is 20.1 Å². The third-order valence-corrected chi connectivity index (χ3v) is 5.87. The first-order valence-corrected chi connectivity index (χ1v) is 10.7. The Morgan fingerprint density at radius 1 is 1.25 bits per heavy atom. The molecule has 8 heteroatoms. The molecule has 0 atom stereocenters. The molecule has 1 aliphatic rings. The highest BCUT2D eigenvalue weighted by Crippen LogP contribution is 2.26. The van der Waals surface area contributed by atoms with E-state index in [-0.39, 0.29) is 17.0 Å². The van der Waals surface area contributed by atoms with E-state index in [2.05, 4.69) is 31.2 Å². The van der Waals surface area contributed by atoms with E-state index in [0.29, 0.717) is 42.0 Å². The van der Waals surface area contributed by atoms with Gasteiger partial charge in [0.15, 0.2) is 5.82 Å². The van der Waals surface area contributed by atoms with Crippen LogP contribution in [0.25, 0.3) is 16.6 Å². The van der Waals surface area contributed by atoms with Crippen LogP contribution in [0.15, 0.2) is 35.1 Å². The topological polar surface area (TPSA) is 91.0 Å². The lowest BCUT2D eigenvalue weighted by Crippen LogP contribution is -2.28. The maximum Gasteiger partial charge on any atom is 0.270 e. The molecule has 1 aromatic carbocycles. The predicted octanol–water partition coefficient (Wildman–Crippen LogP) is 2.98. The van der Waals surface area contributed by atoms with Gasteiger partial charge in [0.1, 0.15) is 16.9 Å². The number of nitrogens with one attached hydrogen (secondary N) is 2. The van der Waals surface area contributed by atoms with Gasteiger partial charge in [0.05, 0.1) is 5.52 Å². The number of pyridine rings is 1. The Bertz CT molecular complexity index is 1280. The van der Waals surface area contributed by atoms with E-state index < -0.39 is 5.82 Å². The Morgan fingerprint density at radius 3 is 2.72 bits per heavy atom. The fraction of sp³-hybridized carbons (Fsp3) is 0.333. The van der Waals surface area contributed by atoms with Crippen molar-refractivity contribution in [3.63, 3.8) is 0 Å².